The van der Waals surface area contributed by atoms with E-state index in [4.69, 9.17) is 4.74 Å². The van der Waals surface area contributed by atoms with Crippen LogP contribution in [0.1, 0.15) is 36.0 Å². The first-order valence-corrected chi connectivity index (χ1v) is 11.9. The van der Waals surface area contributed by atoms with Crippen molar-refractivity contribution in [2.24, 2.45) is 5.92 Å². The van der Waals surface area contributed by atoms with Gasteiger partial charge < -0.3 is 10.1 Å². The molecule has 0 aliphatic carbocycles. The number of ether oxygens (including phenoxy) is 1. The van der Waals surface area contributed by atoms with Crippen LogP contribution < -0.4 is 5.32 Å². The van der Waals surface area contributed by atoms with Gasteiger partial charge in [-0.25, -0.2) is 12.8 Å². The van der Waals surface area contributed by atoms with Crippen LogP contribution in [0.4, 0.5) is 4.39 Å². The molecule has 166 valence electrons. The van der Waals surface area contributed by atoms with Crippen molar-refractivity contribution in [2.45, 2.75) is 36.2 Å². The van der Waals surface area contributed by atoms with Crippen molar-refractivity contribution >= 4 is 15.9 Å². The lowest BCUT2D eigenvalue weighted by Crippen LogP contribution is -2.51. The van der Waals surface area contributed by atoms with E-state index in [9.17, 15) is 17.6 Å². The highest BCUT2D eigenvalue weighted by atomic mass is 32.2. The molecule has 0 saturated carbocycles. The van der Waals surface area contributed by atoms with Gasteiger partial charge in [-0.3, -0.25) is 9.78 Å². The van der Waals surface area contributed by atoms with Crippen LogP contribution in [-0.4, -0.2) is 55.5 Å². The number of halogens is 1. The summed E-state index contributed by atoms with van der Waals surface area (Å²) in [7, 11) is -3.65. The van der Waals surface area contributed by atoms with Crippen molar-refractivity contribution in [1.82, 2.24) is 14.6 Å². The van der Waals surface area contributed by atoms with Crippen molar-refractivity contribution in [3.8, 4) is 0 Å². The summed E-state index contributed by atoms with van der Waals surface area (Å²) in [5.41, 5.74) is 0.218. The molecule has 31 heavy (non-hydrogen) atoms. The molecule has 2 aliphatic rings. The van der Waals surface area contributed by atoms with Crippen LogP contribution in [0, 0.1) is 11.7 Å². The number of nitrogens with one attached hydrogen (secondary N) is 1. The lowest BCUT2D eigenvalue weighted by atomic mass is 9.80. The zero-order chi connectivity index (χ0) is 21.9. The Morgan fingerprint density at radius 2 is 1.84 bits per heavy atom. The van der Waals surface area contributed by atoms with E-state index in [0.29, 0.717) is 44.6 Å². The summed E-state index contributed by atoms with van der Waals surface area (Å²) in [5.74, 6) is -0.308. The van der Waals surface area contributed by atoms with E-state index in [1.54, 1.807) is 24.5 Å². The van der Waals surface area contributed by atoms with E-state index in [0.717, 1.165) is 25.0 Å². The van der Waals surface area contributed by atoms with E-state index in [1.807, 2.05) is 0 Å². The smallest absolute Gasteiger partial charge is 0.251 e. The van der Waals surface area contributed by atoms with E-state index in [2.05, 4.69) is 10.3 Å². The van der Waals surface area contributed by atoms with E-state index in [-0.39, 0.29) is 22.3 Å². The number of amides is 1. The second kappa shape index (κ2) is 9.02. The summed E-state index contributed by atoms with van der Waals surface area (Å²) in [5, 5.41) is 2.99. The minimum Gasteiger partial charge on any atom is -0.375 e. The number of rotatable bonds is 5. The first-order chi connectivity index (χ1) is 14.9. The Morgan fingerprint density at radius 1 is 1.16 bits per heavy atom. The van der Waals surface area contributed by atoms with Gasteiger partial charge in [0.05, 0.1) is 10.5 Å². The normalized spacial score (nSPS) is 21.6. The fourth-order valence-corrected chi connectivity index (χ4v) is 5.83. The molecule has 1 aromatic heterocycles. The molecule has 4 rings (SSSR count). The molecular formula is C22H26FN3O4S. The molecule has 1 atom stereocenters. The molecule has 1 unspecified atom stereocenters. The second-order valence-electron chi connectivity index (χ2n) is 8.19. The minimum atomic E-state index is -3.65. The van der Waals surface area contributed by atoms with Crippen molar-refractivity contribution in [3.63, 3.8) is 0 Å². The summed E-state index contributed by atoms with van der Waals surface area (Å²) in [6.45, 7) is 1.87. The van der Waals surface area contributed by atoms with Crippen LogP contribution in [0.5, 0.6) is 0 Å². The predicted octanol–water partition coefficient (Wildman–Crippen LogP) is 2.60. The van der Waals surface area contributed by atoms with Crippen LogP contribution in [-0.2, 0) is 14.8 Å². The Hall–Kier alpha value is -2.36. The molecule has 1 amide bonds. The van der Waals surface area contributed by atoms with Crippen LogP contribution in [0.15, 0.2) is 53.7 Å². The number of carbonyl (C=O) groups is 1. The maximum Gasteiger partial charge on any atom is 0.251 e. The topological polar surface area (TPSA) is 88.6 Å². The maximum atomic E-state index is 13.1. The van der Waals surface area contributed by atoms with E-state index < -0.39 is 15.8 Å². The third-order valence-electron chi connectivity index (χ3n) is 6.17. The van der Waals surface area contributed by atoms with Gasteiger partial charge in [0, 0.05) is 44.2 Å². The number of carbonyl (C=O) groups excluding carboxylic acids is 1. The molecule has 0 radical (unpaired) electrons. The van der Waals surface area contributed by atoms with E-state index >= 15 is 0 Å². The average molecular weight is 448 g/mol. The number of pyridine rings is 1. The molecule has 2 aliphatic heterocycles. The van der Waals surface area contributed by atoms with Crippen molar-refractivity contribution < 1.29 is 22.3 Å². The Labute approximate surface area is 181 Å². The third kappa shape index (κ3) is 4.94. The molecule has 1 N–H and O–H groups in total. The second-order valence-corrected chi connectivity index (χ2v) is 10.1. The largest absolute Gasteiger partial charge is 0.375 e. The zero-order valence-electron chi connectivity index (χ0n) is 17.2. The molecule has 2 aromatic rings. The summed E-state index contributed by atoms with van der Waals surface area (Å²) < 4.78 is 46.4. The lowest BCUT2D eigenvalue weighted by Gasteiger charge is -2.45. The van der Waals surface area contributed by atoms with Crippen LogP contribution >= 0.6 is 0 Å². The van der Waals surface area contributed by atoms with Gasteiger partial charge in [-0.1, -0.05) is 0 Å². The van der Waals surface area contributed by atoms with Crippen LogP contribution in [0.25, 0.3) is 0 Å². The highest BCUT2D eigenvalue weighted by Crippen LogP contribution is 2.38. The highest BCUT2D eigenvalue weighted by molar-refractivity contribution is 7.89. The summed E-state index contributed by atoms with van der Waals surface area (Å²) in [4.78, 5) is 16.3. The first kappa shape index (κ1) is 21.9. The van der Waals surface area contributed by atoms with Gasteiger partial charge in [0.25, 0.3) is 5.91 Å². The molecule has 3 heterocycles. The molecule has 7 nitrogen and oxygen atoms in total. The predicted molar refractivity (Wildman–Crippen MR) is 112 cm³/mol. The van der Waals surface area contributed by atoms with Gasteiger partial charge in [0.15, 0.2) is 0 Å². The van der Waals surface area contributed by atoms with Gasteiger partial charge in [-0.15, -0.1) is 0 Å². The fraction of sp³-hybridized carbons (Fsp3) is 0.455. The Bertz CT molecular complexity index is 1010. The molecule has 0 bridgehead atoms. The van der Waals surface area contributed by atoms with E-state index in [1.165, 1.54) is 16.4 Å². The zero-order valence-corrected chi connectivity index (χ0v) is 18.0. The third-order valence-corrected chi connectivity index (χ3v) is 8.09. The Kier molecular flexibility index (Phi) is 6.36. The number of aromatic nitrogens is 1. The minimum absolute atomic E-state index is 0.103. The highest BCUT2D eigenvalue weighted by Gasteiger charge is 2.42. The Balaban J connectivity index is 1.33. The summed E-state index contributed by atoms with van der Waals surface area (Å²) >= 11 is 0. The number of hydrogen-bond acceptors (Lipinski definition) is 5. The Morgan fingerprint density at radius 3 is 2.52 bits per heavy atom. The molecule has 9 heteroatoms. The molecular weight excluding hydrogens is 421 g/mol. The number of hydrogen-bond donors (Lipinski definition) is 1. The number of benzene rings is 1. The van der Waals surface area contributed by atoms with Gasteiger partial charge in [-0.2, -0.15) is 4.31 Å². The maximum absolute atomic E-state index is 13.1. The number of piperidine rings is 1. The SMILES string of the molecule is O=C(NCC1CCOC2(CCN(S(=O)(=O)c3ccc(F)cc3)CC2)C1)c1ccncc1. The fourth-order valence-electron chi connectivity index (χ4n) is 4.38. The first-order valence-electron chi connectivity index (χ1n) is 10.5. The molecule has 2 saturated heterocycles. The summed E-state index contributed by atoms with van der Waals surface area (Å²) in [6, 6.07) is 8.28. The average Bonchev–Trinajstić information content (AvgIpc) is 2.79. The van der Waals surface area contributed by atoms with Gasteiger partial charge in [0.1, 0.15) is 5.82 Å². The van der Waals surface area contributed by atoms with Crippen molar-refractivity contribution in [3.05, 3.63) is 60.2 Å². The van der Waals surface area contributed by atoms with Crippen LogP contribution in [0.3, 0.4) is 0 Å². The molecule has 1 aromatic carbocycles. The summed E-state index contributed by atoms with van der Waals surface area (Å²) in [6.07, 6.45) is 6.02. The van der Waals surface area contributed by atoms with Crippen molar-refractivity contribution in [1.29, 1.82) is 0 Å². The molecule has 1 spiro atoms. The van der Waals surface area contributed by atoms with Gasteiger partial charge >= 0.3 is 0 Å². The lowest BCUT2D eigenvalue weighted by molar-refractivity contribution is -0.119. The van der Waals surface area contributed by atoms with Gasteiger partial charge in [0.2, 0.25) is 10.0 Å². The standard InChI is InChI=1S/C22H26FN3O4S/c23-19-1-3-20(4-2-19)31(28,29)26-12-8-22(9-13-26)15-17(7-14-30-22)16-25-21(27)18-5-10-24-11-6-18/h1-6,10-11,17H,7-9,12-16H2,(H,25,27). The molecule has 2 fully saturated rings. The van der Waals surface area contributed by atoms with Gasteiger partial charge in [-0.05, 0) is 68.0 Å². The quantitative estimate of drug-likeness (QED) is 0.761. The van der Waals surface area contributed by atoms with Crippen LogP contribution in [0.2, 0.25) is 0 Å². The number of sulfonamides is 1. The number of nitrogens with zero attached hydrogens (tertiary/aromatic N) is 2. The van der Waals surface area contributed by atoms with Crippen molar-refractivity contribution in [2.75, 3.05) is 26.2 Å². The monoisotopic (exact) mass is 447 g/mol.